The lowest BCUT2D eigenvalue weighted by molar-refractivity contribution is -0.145. The number of methoxy groups -OCH3 is 1. The van der Waals surface area contributed by atoms with Gasteiger partial charge in [-0.3, -0.25) is 0 Å². The van der Waals surface area contributed by atoms with Gasteiger partial charge in [0.05, 0.1) is 24.5 Å². The quantitative estimate of drug-likeness (QED) is 0.842. The van der Waals surface area contributed by atoms with E-state index in [1.165, 1.54) is 7.11 Å². The maximum Gasteiger partial charge on any atom is 0.331 e. The summed E-state index contributed by atoms with van der Waals surface area (Å²) >= 11 is 0. The van der Waals surface area contributed by atoms with Gasteiger partial charge in [0.2, 0.25) is 0 Å². The van der Waals surface area contributed by atoms with Gasteiger partial charge in [-0.1, -0.05) is 0 Å². The van der Waals surface area contributed by atoms with Crippen molar-refractivity contribution in [3.63, 3.8) is 0 Å². The summed E-state index contributed by atoms with van der Waals surface area (Å²) in [6.07, 6.45) is 1.65. The van der Waals surface area contributed by atoms with Crippen LogP contribution in [-0.2, 0) is 9.53 Å². The first-order valence-electron chi connectivity index (χ1n) is 5.72. The molecule has 5 heteroatoms. The van der Waals surface area contributed by atoms with Gasteiger partial charge in [-0.2, -0.15) is 0 Å². The Bertz CT molecular complexity index is 574. The van der Waals surface area contributed by atoms with Crippen LogP contribution in [0.15, 0.2) is 24.5 Å². The number of rotatable bonds is 3. The molecule has 18 heavy (non-hydrogen) atoms. The van der Waals surface area contributed by atoms with Crippen molar-refractivity contribution >= 4 is 22.7 Å². The summed E-state index contributed by atoms with van der Waals surface area (Å²) in [7, 11) is 3.27. The fourth-order valence-corrected chi connectivity index (χ4v) is 1.84. The number of benzene rings is 1. The summed E-state index contributed by atoms with van der Waals surface area (Å²) in [4.78, 5) is 20.9. The molecule has 1 N–H and O–H groups in total. The lowest BCUT2D eigenvalue weighted by atomic mass is 10.0. The molecule has 5 nitrogen and oxygen atoms in total. The fraction of sp³-hybridized carbons (Fsp3) is 0.385. The Morgan fingerprint density at radius 1 is 1.44 bits per heavy atom. The zero-order valence-corrected chi connectivity index (χ0v) is 11.0. The van der Waals surface area contributed by atoms with Crippen molar-refractivity contribution in [1.82, 2.24) is 9.97 Å². The number of hydrogen-bond acceptors (Lipinski definition) is 4. The molecular weight excluding hydrogens is 230 g/mol. The number of anilines is 1. The summed E-state index contributed by atoms with van der Waals surface area (Å²) in [5.41, 5.74) is 2.06. The molecule has 1 heterocycles. The molecule has 1 aromatic heterocycles. The minimum atomic E-state index is -0.720. The van der Waals surface area contributed by atoms with E-state index < -0.39 is 5.54 Å². The van der Waals surface area contributed by atoms with Crippen LogP contribution in [0.1, 0.15) is 13.8 Å². The topological polar surface area (TPSA) is 58.2 Å². The molecule has 0 bridgehead atoms. The highest BCUT2D eigenvalue weighted by atomic mass is 16.5. The molecule has 0 unspecified atom stereocenters. The number of aromatic amines is 1. The van der Waals surface area contributed by atoms with Crippen LogP contribution in [0.2, 0.25) is 0 Å². The van der Waals surface area contributed by atoms with Crippen molar-refractivity contribution in [1.29, 1.82) is 0 Å². The van der Waals surface area contributed by atoms with E-state index in [1.807, 2.05) is 44.0 Å². The molecule has 0 saturated carbocycles. The standard InChI is InChI=1S/C13H17N3O2/c1-13(2,12(17)18-4)16(3)9-5-6-10-11(7-9)15-8-14-10/h5-8H,1-4H3,(H,14,15). The van der Waals surface area contributed by atoms with Crippen molar-refractivity contribution < 1.29 is 9.53 Å². The van der Waals surface area contributed by atoms with E-state index in [0.29, 0.717) is 0 Å². The first-order valence-corrected chi connectivity index (χ1v) is 5.72. The molecule has 0 atom stereocenters. The van der Waals surface area contributed by atoms with E-state index in [4.69, 9.17) is 4.74 Å². The second kappa shape index (κ2) is 4.33. The first-order chi connectivity index (χ1) is 8.46. The number of likely N-dealkylation sites (N-methyl/N-ethyl adjacent to an activating group) is 1. The van der Waals surface area contributed by atoms with Gasteiger partial charge >= 0.3 is 5.97 Å². The van der Waals surface area contributed by atoms with Crippen LogP contribution < -0.4 is 4.90 Å². The third-order valence-electron chi connectivity index (χ3n) is 3.31. The van der Waals surface area contributed by atoms with E-state index in [-0.39, 0.29) is 5.97 Å². The van der Waals surface area contributed by atoms with Gasteiger partial charge < -0.3 is 14.6 Å². The predicted molar refractivity (Wildman–Crippen MR) is 70.6 cm³/mol. The number of nitrogens with zero attached hydrogens (tertiary/aromatic N) is 2. The molecule has 0 spiro atoms. The molecule has 0 fully saturated rings. The van der Waals surface area contributed by atoms with Crippen LogP contribution in [-0.4, -0.2) is 35.6 Å². The van der Waals surface area contributed by atoms with Crippen molar-refractivity contribution in [3.05, 3.63) is 24.5 Å². The van der Waals surface area contributed by atoms with E-state index in [9.17, 15) is 4.79 Å². The largest absolute Gasteiger partial charge is 0.467 e. The van der Waals surface area contributed by atoms with Crippen molar-refractivity contribution in [2.75, 3.05) is 19.1 Å². The van der Waals surface area contributed by atoms with Gasteiger partial charge in [0, 0.05) is 12.7 Å². The Hall–Kier alpha value is -2.04. The van der Waals surface area contributed by atoms with Gasteiger partial charge in [-0.15, -0.1) is 0 Å². The minimum Gasteiger partial charge on any atom is -0.467 e. The molecule has 0 radical (unpaired) electrons. The van der Waals surface area contributed by atoms with Crippen molar-refractivity contribution in [3.8, 4) is 0 Å². The second-order valence-electron chi connectivity index (χ2n) is 4.71. The maximum absolute atomic E-state index is 11.8. The van der Waals surface area contributed by atoms with Gasteiger partial charge in [0.1, 0.15) is 5.54 Å². The number of fused-ring (bicyclic) bond motifs is 1. The minimum absolute atomic E-state index is 0.269. The molecule has 0 amide bonds. The van der Waals surface area contributed by atoms with Gasteiger partial charge in [0.25, 0.3) is 0 Å². The molecule has 0 aliphatic heterocycles. The Morgan fingerprint density at radius 2 is 2.17 bits per heavy atom. The summed E-state index contributed by atoms with van der Waals surface area (Å²) in [6.45, 7) is 3.66. The average molecular weight is 247 g/mol. The molecule has 96 valence electrons. The lowest BCUT2D eigenvalue weighted by Crippen LogP contribution is -2.48. The zero-order chi connectivity index (χ0) is 13.3. The number of aromatic nitrogens is 2. The number of carbonyl (C=O) groups excluding carboxylic acids is 1. The Kier molecular flexibility index (Phi) is 2.98. The lowest BCUT2D eigenvalue weighted by Gasteiger charge is -2.34. The summed E-state index contributed by atoms with van der Waals surface area (Å²) in [5, 5.41) is 0. The number of esters is 1. The van der Waals surface area contributed by atoms with Crippen LogP contribution in [0.25, 0.3) is 11.0 Å². The fourth-order valence-electron chi connectivity index (χ4n) is 1.84. The summed E-state index contributed by atoms with van der Waals surface area (Å²) in [6, 6.07) is 5.83. The van der Waals surface area contributed by atoms with Crippen molar-refractivity contribution in [2.45, 2.75) is 19.4 Å². The third-order valence-corrected chi connectivity index (χ3v) is 3.31. The highest BCUT2D eigenvalue weighted by Crippen LogP contribution is 2.25. The highest BCUT2D eigenvalue weighted by Gasteiger charge is 2.33. The molecule has 2 aromatic rings. The molecule has 2 rings (SSSR count). The van der Waals surface area contributed by atoms with Crippen LogP contribution in [0.5, 0.6) is 0 Å². The third kappa shape index (κ3) is 1.92. The van der Waals surface area contributed by atoms with Crippen LogP contribution in [0, 0.1) is 0 Å². The van der Waals surface area contributed by atoms with Gasteiger partial charge in [-0.05, 0) is 32.0 Å². The van der Waals surface area contributed by atoms with Gasteiger partial charge in [0.15, 0.2) is 0 Å². The highest BCUT2D eigenvalue weighted by molar-refractivity contribution is 5.86. The number of H-pyrrole nitrogens is 1. The zero-order valence-electron chi connectivity index (χ0n) is 11.0. The molecule has 1 aromatic carbocycles. The van der Waals surface area contributed by atoms with E-state index >= 15 is 0 Å². The molecule has 0 aliphatic carbocycles. The Labute approximate surface area is 106 Å². The van der Waals surface area contributed by atoms with Gasteiger partial charge in [-0.25, -0.2) is 9.78 Å². The predicted octanol–water partition coefficient (Wildman–Crippen LogP) is 1.95. The Morgan fingerprint density at radius 3 is 2.83 bits per heavy atom. The molecule has 0 saturated heterocycles. The number of ether oxygens (including phenoxy) is 1. The molecular formula is C13H17N3O2. The normalized spacial score (nSPS) is 11.6. The van der Waals surface area contributed by atoms with E-state index in [1.54, 1.807) is 6.33 Å². The second-order valence-corrected chi connectivity index (χ2v) is 4.71. The van der Waals surface area contributed by atoms with Crippen LogP contribution in [0.4, 0.5) is 5.69 Å². The summed E-state index contributed by atoms with van der Waals surface area (Å²) < 4.78 is 4.83. The van der Waals surface area contributed by atoms with Crippen LogP contribution in [0.3, 0.4) is 0 Å². The number of hydrogen-bond donors (Lipinski definition) is 1. The van der Waals surface area contributed by atoms with Crippen LogP contribution >= 0.6 is 0 Å². The number of imidazole rings is 1. The average Bonchev–Trinajstić information content (AvgIpc) is 2.83. The Balaban J connectivity index is 2.38. The van der Waals surface area contributed by atoms with E-state index in [0.717, 1.165) is 16.7 Å². The number of carbonyl (C=O) groups is 1. The maximum atomic E-state index is 11.8. The monoisotopic (exact) mass is 247 g/mol. The summed E-state index contributed by atoms with van der Waals surface area (Å²) in [5.74, 6) is -0.269. The van der Waals surface area contributed by atoms with Crippen molar-refractivity contribution in [2.24, 2.45) is 0 Å². The molecule has 0 aliphatic rings. The number of nitrogens with one attached hydrogen (secondary N) is 1. The van der Waals surface area contributed by atoms with E-state index in [2.05, 4.69) is 9.97 Å². The first kappa shape index (κ1) is 12.4. The smallest absolute Gasteiger partial charge is 0.331 e. The SMILES string of the molecule is COC(=O)C(C)(C)N(C)c1ccc2nc[nH]c2c1.